The van der Waals surface area contributed by atoms with Crippen molar-refractivity contribution >= 4 is 44.3 Å². The minimum Gasteiger partial charge on any atom is -0.450 e. The van der Waals surface area contributed by atoms with Crippen molar-refractivity contribution < 1.29 is 27.5 Å². The Bertz CT molecular complexity index is 1270. The molecule has 0 atom stereocenters. The van der Waals surface area contributed by atoms with Crippen molar-refractivity contribution in [1.82, 2.24) is 14.1 Å². The first-order valence-electron chi connectivity index (χ1n) is 12.7. The molecular weight excluding hydrogens is 528 g/mol. The highest BCUT2D eigenvalue weighted by atomic mass is 32.2. The Kier molecular flexibility index (Phi) is 9.91. The lowest BCUT2D eigenvalue weighted by Gasteiger charge is -2.26. The summed E-state index contributed by atoms with van der Waals surface area (Å²) in [7, 11) is -0.374. The van der Waals surface area contributed by atoms with E-state index < -0.39 is 22.0 Å². The first-order valence-corrected chi connectivity index (χ1v) is 15.0. The Morgan fingerprint density at radius 2 is 1.68 bits per heavy atom. The molecule has 1 aliphatic rings. The number of hydrogen-bond donors (Lipinski definition) is 1. The van der Waals surface area contributed by atoms with Crippen LogP contribution in [-0.2, 0) is 27.7 Å². The predicted molar refractivity (Wildman–Crippen MR) is 147 cm³/mol. The van der Waals surface area contributed by atoms with Crippen molar-refractivity contribution in [2.24, 2.45) is 0 Å². The summed E-state index contributed by atoms with van der Waals surface area (Å²) >= 11 is 1.26. The summed E-state index contributed by atoms with van der Waals surface area (Å²) in [5, 5.41) is 3.25. The molecule has 1 aliphatic heterocycles. The number of amides is 3. The largest absolute Gasteiger partial charge is 0.450 e. The number of fused-ring (bicyclic) bond motifs is 1. The predicted octanol–water partition coefficient (Wildman–Crippen LogP) is 4.03. The average Bonchev–Trinajstić information content (AvgIpc) is 3.24. The van der Waals surface area contributed by atoms with Gasteiger partial charge >= 0.3 is 6.09 Å². The fourth-order valence-corrected chi connectivity index (χ4v) is 7.14. The van der Waals surface area contributed by atoms with Gasteiger partial charge in [0.1, 0.15) is 5.00 Å². The molecule has 12 heteroatoms. The number of carbonyl (C=O) groups excluding carboxylic acids is 3. The second-order valence-corrected chi connectivity index (χ2v) is 12.2. The lowest BCUT2D eigenvalue weighted by Crippen LogP contribution is -2.36. The molecule has 1 aromatic heterocycles. The number of hydrogen-bond acceptors (Lipinski definition) is 7. The topological polar surface area (TPSA) is 116 Å². The summed E-state index contributed by atoms with van der Waals surface area (Å²) < 4.78 is 32.7. The highest BCUT2D eigenvalue weighted by Gasteiger charge is 2.31. The van der Waals surface area contributed by atoms with Gasteiger partial charge in [0.2, 0.25) is 10.0 Å². The summed E-state index contributed by atoms with van der Waals surface area (Å²) in [6.45, 7) is 7.43. The van der Waals surface area contributed by atoms with Crippen LogP contribution >= 0.6 is 11.3 Å². The molecule has 3 amide bonds. The number of anilines is 1. The molecule has 0 aliphatic carbocycles. The maximum Gasteiger partial charge on any atom is 0.410 e. The minimum absolute atomic E-state index is 0.130. The number of carbonyl (C=O) groups is 3. The zero-order valence-electron chi connectivity index (χ0n) is 22.6. The molecule has 38 heavy (non-hydrogen) atoms. The van der Waals surface area contributed by atoms with Crippen LogP contribution in [0.4, 0.5) is 9.80 Å². The van der Waals surface area contributed by atoms with Crippen LogP contribution < -0.4 is 5.32 Å². The van der Waals surface area contributed by atoms with Gasteiger partial charge in [-0.15, -0.1) is 11.3 Å². The smallest absolute Gasteiger partial charge is 0.410 e. The highest BCUT2D eigenvalue weighted by Crippen LogP contribution is 2.38. The normalized spacial score (nSPS) is 13.3. The van der Waals surface area contributed by atoms with Gasteiger partial charge in [0.15, 0.2) is 0 Å². The van der Waals surface area contributed by atoms with E-state index in [-0.39, 0.29) is 23.0 Å². The van der Waals surface area contributed by atoms with Gasteiger partial charge in [0.25, 0.3) is 11.8 Å². The molecule has 0 spiro atoms. The second kappa shape index (κ2) is 12.7. The van der Waals surface area contributed by atoms with Gasteiger partial charge in [0, 0.05) is 44.2 Å². The zero-order valence-corrected chi connectivity index (χ0v) is 24.2. The van der Waals surface area contributed by atoms with Crippen LogP contribution in [0.3, 0.4) is 0 Å². The molecule has 208 valence electrons. The van der Waals surface area contributed by atoms with Gasteiger partial charge in [-0.3, -0.25) is 9.59 Å². The van der Waals surface area contributed by atoms with Crippen LogP contribution in [0.25, 0.3) is 0 Å². The summed E-state index contributed by atoms with van der Waals surface area (Å²) in [6.07, 6.45) is 1.46. The summed E-state index contributed by atoms with van der Waals surface area (Å²) in [5.41, 5.74) is 1.50. The summed E-state index contributed by atoms with van der Waals surface area (Å²) in [4.78, 5) is 42.4. The highest BCUT2D eigenvalue weighted by molar-refractivity contribution is 7.89. The monoisotopic (exact) mass is 564 g/mol. The van der Waals surface area contributed by atoms with E-state index in [1.54, 1.807) is 25.9 Å². The molecule has 2 heterocycles. The van der Waals surface area contributed by atoms with E-state index in [0.29, 0.717) is 56.0 Å². The van der Waals surface area contributed by atoms with E-state index in [4.69, 9.17) is 4.74 Å². The lowest BCUT2D eigenvalue weighted by molar-refractivity contribution is 0.0827. The van der Waals surface area contributed by atoms with Crippen LogP contribution in [0.1, 0.15) is 64.8 Å². The standard InChI is InChI=1S/C26H36N4O6S2/c1-6-14-30(15-7-2)38(34,35)19-11-9-18(10-12-19)23(31)27-24-22(25(32)28(4)5)20-13-16-29(17-21(20)37-24)26(33)36-8-3/h9-12H,6-8,13-17H2,1-5H3,(H,27,31). The Morgan fingerprint density at radius 1 is 1.05 bits per heavy atom. The number of thiophene rings is 1. The molecule has 2 aromatic rings. The molecular formula is C26H36N4O6S2. The van der Waals surface area contributed by atoms with Crippen LogP contribution in [0.15, 0.2) is 29.2 Å². The first kappa shape index (κ1) is 29.6. The van der Waals surface area contributed by atoms with Crippen molar-refractivity contribution in [1.29, 1.82) is 0 Å². The van der Waals surface area contributed by atoms with Gasteiger partial charge in [0.05, 0.1) is 23.6 Å². The number of nitrogens with one attached hydrogen (secondary N) is 1. The van der Waals surface area contributed by atoms with Crippen molar-refractivity contribution in [3.05, 3.63) is 45.8 Å². The molecule has 0 saturated heterocycles. The van der Waals surface area contributed by atoms with Gasteiger partial charge in [-0.2, -0.15) is 4.31 Å². The molecule has 10 nitrogen and oxygen atoms in total. The Balaban J connectivity index is 1.87. The van der Waals surface area contributed by atoms with Gasteiger partial charge in [-0.25, -0.2) is 13.2 Å². The third-order valence-corrected chi connectivity index (χ3v) is 9.18. The summed E-state index contributed by atoms with van der Waals surface area (Å²) in [6, 6.07) is 5.82. The molecule has 0 saturated carbocycles. The molecule has 0 fully saturated rings. The Labute approximate surface area is 228 Å². The molecule has 1 aromatic carbocycles. The fraction of sp³-hybridized carbons (Fsp3) is 0.500. The van der Waals surface area contributed by atoms with E-state index in [9.17, 15) is 22.8 Å². The van der Waals surface area contributed by atoms with E-state index in [0.717, 1.165) is 10.4 Å². The fourth-order valence-electron chi connectivity index (χ4n) is 4.27. The van der Waals surface area contributed by atoms with Crippen molar-refractivity contribution in [3.8, 4) is 0 Å². The SMILES string of the molecule is CCCN(CCC)S(=O)(=O)c1ccc(C(=O)Nc2sc3c(c2C(=O)N(C)C)CCN(C(=O)OCC)C3)cc1. The van der Waals surface area contributed by atoms with E-state index in [1.807, 2.05) is 13.8 Å². The first-order chi connectivity index (χ1) is 18.0. The van der Waals surface area contributed by atoms with Gasteiger partial charge < -0.3 is 19.9 Å². The average molecular weight is 565 g/mol. The zero-order chi connectivity index (χ0) is 28.0. The second-order valence-electron chi connectivity index (χ2n) is 9.16. The third kappa shape index (κ3) is 6.36. The van der Waals surface area contributed by atoms with Crippen molar-refractivity contribution in [2.45, 2.75) is 51.5 Å². The van der Waals surface area contributed by atoms with Gasteiger partial charge in [-0.1, -0.05) is 13.8 Å². The number of nitrogens with zero attached hydrogens (tertiary/aromatic N) is 3. The molecule has 1 N–H and O–H groups in total. The maximum absolute atomic E-state index is 13.2. The number of sulfonamides is 1. The van der Waals surface area contributed by atoms with E-state index in [2.05, 4.69) is 5.32 Å². The molecule has 0 unspecified atom stereocenters. The molecule has 3 rings (SSSR count). The number of ether oxygens (including phenoxy) is 1. The number of benzene rings is 1. The van der Waals surface area contributed by atoms with Crippen LogP contribution in [0.2, 0.25) is 0 Å². The summed E-state index contributed by atoms with van der Waals surface area (Å²) in [5.74, 6) is -0.697. The van der Waals surface area contributed by atoms with Gasteiger partial charge in [-0.05, 0) is 56.0 Å². The van der Waals surface area contributed by atoms with Crippen LogP contribution in [0, 0.1) is 0 Å². The molecule has 0 bridgehead atoms. The molecule has 0 radical (unpaired) electrons. The minimum atomic E-state index is -3.66. The maximum atomic E-state index is 13.2. The lowest BCUT2D eigenvalue weighted by atomic mass is 10.0. The van der Waals surface area contributed by atoms with Crippen molar-refractivity contribution in [3.63, 3.8) is 0 Å². The Morgan fingerprint density at radius 3 is 2.24 bits per heavy atom. The Hall–Kier alpha value is -2.96. The third-order valence-electron chi connectivity index (χ3n) is 6.13. The van der Waals surface area contributed by atoms with E-state index >= 15 is 0 Å². The van der Waals surface area contributed by atoms with Crippen LogP contribution in [0.5, 0.6) is 0 Å². The van der Waals surface area contributed by atoms with E-state index in [1.165, 1.54) is 44.8 Å². The quantitative estimate of drug-likeness (QED) is 0.466. The van der Waals surface area contributed by atoms with Crippen molar-refractivity contribution in [2.75, 3.05) is 45.7 Å². The van der Waals surface area contributed by atoms with Crippen LogP contribution in [-0.4, -0.2) is 80.8 Å². The number of rotatable bonds is 10.